The van der Waals surface area contributed by atoms with E-state index in [1.165, 1.54) is 0 Å². The number of imidazole rings is 1. The molecule has 3 aromatic rings. The Bertz CT molecular complexity index is 841. The first-order chi connectivity index (χ1) is 10.8. The highest BCUT2D eigenvalue weighted by Gasteiger charge is 2.10. The van der Waals surface area contributed by atoms with Crippen LogP contribution in [0, 0.1) is 4.64 Å². The summed E-state index contributed by atoms with van der Waals surface area (Å²) in [5.74, 6) is 0.515. The summed E-state index contributed by atoms with van der Waals surface area (Å²) in [6.07, 6.45) is 8.55. The van der Waals surface area contributed by atoms with Gasteiger partial charge in [-0.25, -0.2) is 9.97 Å². The van der Waals surface area contributed by atoms with Crippen LogP contribution in [0.2, 0.25) is 0 Å². The fourth-order valence-electron chi connectivity index (χ4n) is 2.06. The van der Waals surface area contributed by atoms with Gasteiger partial charge in [0, 0.05) is 36.9 Å². The number of pyridine rings is 2. The maximum atomic E-state index is 12.2. The Balaban J connectivity index is 1.79. The Kier molecular flexibility index (Phi) is 4.06. The molecule has 0 aliphatic heterocycles. The molecule has 0 radical (unpaired) electrons. The highest BCUT2D eigenvalue weighted by molar-refractivity contribution is 7.71. The Morgan fingerprint density at radius 3 is 3.00 bits per heavy atom. The van der Waals surface area contributed by atoms with Gasteiger partial charge in [-0.1, -0.05) is 18.3 Å². The van der Waals surface area contributed by atoms with Crippen LogP contribution in [0.5, 0.6) is 0 Å². The van der Waals surface area contributed by atoms with Gasteiger partial charge in [-0.05, 0) is 18.2 Å². The zero-order chi connectivity index (χ0) is 15.4. The second kappa shape index (κ2) is 6.31. The fourth-order valence-corrected chi connectivity index (χ4v) is 2.29. The van der Waals surface area contributed by atoms with Gasteiger partial charge in [0.25, 0.3) is 5.91 Å². The molecular weight excluding hydrogens is 298 g/mol. The molecule has 0 saturated carbocycles. The average Bonchev–Trinajstić information content (AvgIpc) is 3.07. The first kappa shape index (κ1) is 14.2. The second-order valence-electron chi connectivity index (χ2n) is 4.55. The molecule has 2 N–H and O–H groups in total. The topological polar surface area (TPSA) is 75.6 Å². The molecule has 0 aliphatic carbocycles. The monoisotopic (exact) mass is 311 g/mol. The highest BCUT2D eigenvalue weighted by Crippen LogP contribution is 2.11. The Morgan fingerprint density at radius 1 is 1.32 bits per heavy atom. The zero-order valence-electron chi connectivity index (χ0n) is 11.6. The minimum Gasteiger partial charge on any atom is -0.352 e. The number of nitrogens with zero attached hydrogens (tertiary/aromatic N) is 3. The van der Waals surface area contributed by atoms with Gasteiger partial charge in [-0.3, -0.25) is 9.36 Å². The number of carbonyl (C=O) groups excluding carboxylic acids is 1. The summed E-state index contributed by atoms with van der Waals surface area (Å²) in [6.45, 7) is 0.351. The molecule has 0 unspecified atom stereocenters. The first-order valence-corrected chi connectivity index (χ1v) is 7.04. The number of amides is 1. The van der Waals surface area contributed by atoms with Crippen molar-refractivity contribution < 1.29 is 4.79 Å². The third-order valence-electron chi connectivity index (χ3n) is 3.12. The highest BCUT2D eigenvalue weighted by atomic mass is 32.1. The number of nitrogens with one attached hydrogen (secondary N) is 2. The molecule has 0 fully saturated rings. The summed E-state index contributed by atoms with van der Waals surface area (Å²) >= 11 is 5.11. The number of rotatable bonds is 4. The summed E-state index contributed by atoms with van der Waals surface area (Å²) in [5.41, 5.74) is 1.34. The lowest BCUT2D eigenvalue weighted by atomic mass is 10.2. The van der Waals surface area contributed by atoms with E-state index in [9.17, 15) is 4.79 Å². The molecule has 0 aromatic carbocycles. The van der Waals surface area contributed by atoms with E-state index in [0.717, 1.165) is 11.4 Å². The number of hydrogen-bond acceptors (Lipinski definition) is 4. The smallest absolute Gasteiger partial charge is 0.254 e. The molecule has 3 heterocycles. The molecule has 110 valence electrons. The van der Waals surface area contributed by atoms with Crippen molar-refractivity contribution in [3.63, 3.8) is 0 Å². The van der Waals surface area contributed by atoms with E-state index >= 15 is 0 Å². The minimum atomic E-state index is -0.220. The number of hydrogen-bond donors (Lipinski definition) is 2. The lowest BCUT2D eigenvalue weighted by molar-refractivity contribution is 0.0950. The predicted octanol–water partition coefficient (Wildman–Crippen LogP) is 2.25. The van der Waals surface area contributed by atoms with Gasteiger partial charge in [0.1, 0.15) is 16.8 Å². The molecule has 0 spiro atoms. The van der Waals surface area contributed by atoms with Crippen LogP contribution in [0.25, 0.3) is 5.82 Å². The standard InChI is InChI=1S/C15H13N5OS/c21-14(12-4-2-6-18-15(12)22)19-9-11-3-1-5-17-13(11)20-8-7-16-10-20/h1-8,10H,9H2,(H,18,22)(H,19,21). The van der Waals surface area contributed by atoms with Gasteiger partial charge >= 0.3 is 0 Å². The predicted molar refractivity (Wildman–Crippen MR) is 84.2 cm³/mol. The molecular formula is C15H13N5OS. The number of carbonyl (C=O) groups is 1. The van der Waals surface area contributed by atoms with Crippen LogP contribution in [0.4, 0.5) is 0 Å². The van der Waals surface area contributed by atoms with Gasteiger partial charge in [-0.15, -0.1) is 0 Å². The number of aromatic nitrogens is 4. The van der Waals surface area contributed by atoms with E-state index in [-0.39, 0.29) is 5.91 Å². The normalized spacial score (nSPS) is 10.4. The van der Waals surface area contributed by atoms with Crippen molar-refractivity contribution in [1.82, 2.24) is 24.8 Å². The van der Waals surface area contributed by atoms with E-state index in [2.05, 4.69) is 20.3 Å². The van der Waals surface area contributed by atoms with Crippen LogP contribution in [0.1, 0.15) is 15.9 Å². The number of H-pyrrole nitrogens is 1. The van der Waals surface area contributed by atoms with Gasteiger partial charge < -0.3 is 10.3 Å². The maximum absolute atomic E-state index is 12.2. The zero-order valence-corrected chi connectivity index (χ0v) is 12.4. The van der Waals surface area contributed by atoms with Gasteiger partial charge in [-0.2, -0.15) is 0 Å². The minimum absolute atomic E-state index is 0.220. The van der Waals surface area contributed by atoms with Crippen molar-refractivity contribution in [2.45, 2.75) is 6.54 Å². The average molecular weight is 311 g/mol. The van der Waals surface area contributed by atoms with Crippen LogP contribution in [-0.2, 0) is 6.54 Å². The largest absolute Gasteiger partial charge is 0.352 e. The molecule has 3 rings (SSSR count). The summed E-state index contributed by atoms with van der Waals surface area (Å²) in [7, 11) is 0. The van der Waals surface area contributed by atoms with Crippen molar-refractivity contribution in [1.29, 1.82) is 0 Å². The summed E-state index contributed by atoms with van der Waals surface area (Å²) in [5, 5.41) is 2.86. The van der Waals surface area contributed by atoms with E-state index in [0.29, 0.717) is 16.7 Å². The Hall–Kier alpha value is -2.80. The molecule has 6 nitrogen and oxygen atoms in total. The van der Waals surface area contributed by atoms with Crippen molar-refractivity contribution in [2.75, 3.05) is 0 Å². The molecule has 0 saturated heterocycles. The van der Waals surface area contributed by atoms with E-state index in [4.69, 9.17) is 12.2 Å². The Morgan fingerprint density at radius 2 is 2.23 bits per heavy atom. The quantitative estimate of drug-likeness (QED) is 0.725. The van der Waals surface area contributed by atoms with E-state index in [1.807, 2.05) is 12.1 Å². The fraction of sp³-hybridized carbons (Fsp3) is 0.0667. The molecule has 0 bridgehead atoms. The summed E-state index contributed by atoms with van der Waals surface area (Å²) < 4.78 is 2.22. The SMILES string of the molecule is O=C(NCc1cccnc1-n1ccnc1)c1ccc[nH]c1=S. The summed E-state index contributed by atoms with van der Waals surface area (Å²) in [4.78, 5) is 23.4. The second-order valence-corrected chi connectivity index (χ2v) is 4.96. The van der Waals surface area contributed by atoms with Crippen molar-refractivity contribution >= 4 is 18.1 Å². The molecule has 0 atom stereocenters. The molecule has 0 aliphatic rings. The molecule has 3 aromatic heterocycles. The van der Waals surface area contributed by atoms with E-state index in [1.54, 1.807) is 47.8 Å². The van der Waals surface area contributed by atoms with Crippen LogP contribution in [0.3, 0.4) is 0 Å². The third kappa shape index (κ3) is 2.94. The first-order valence-electron chi connectivity index (χ1n) is 6.64. The van der Waals surface area contributed by atoms with Crippen molar-refractivity contribution in [3.8, 4) is 5.82 Å². The molecule has 1 amide bonds. The van der Waals surface area contributed by atoms with Crippen LogP contribution >= 0.6 is 12.2 Å². The van der Waals surface area contributed by atoms with Crippen molar-refractivity contribution in [3.05, 3.63) is 71.1 Å². The molecule has 22 heavy (non-hydrogen) atoms. The lowest BCUT2D eigenvalue weighted by Gasteiger charge is -2.10. The van der Waals surface area contributed by atoms with Crippen LogP contribution in [0.15, 0.2) is 55.4 Å². The van der Waals surface area contributed by atoms with Gasteiger partial charge in [0.15, 0.2) is 0 Å². The van der Waals surface area contributed by atoms with Crippen LogP contribution in [-0.4, -0.2) is 25.4 Å². The van der Waals surface area contributed by atoms with Crippen LogP contribution < -0.4 is 5.32 Å². The van der Waals surface area contributed by atoms with Gasteiger partial charge in [0.05, 0.1) is 5.56 Å². The van der Waals surface area contributed by atoms with E-state index < -0.39 is 0 Å². The van der Waals surface area contributed by atoms with Gasteiger partial charge in [0.2, 0.25) is 0 Å². The summed E-state index contributed by atoms with van der Waals surface area (Å²) in [6, 6.07) is 7.17. The maximum Gasteiger partial charge on any atom is 0.254 e. The van der Waals surface area contributed by atoms with Crippen molar-refractivity contribution in [2.24, 2.45) is 0 Å². The number of aromatic amines is 1. The Labute approximate surface area is 131 Å². The third-order valence-corrected chi connectivity index (χ3v) is 3.46. The lowest BCUT2D eigenvalue weighted by Crippen LogP contribution is -2.24. The molecule has 7 heteroatoms.